The van der Waals surface area contributed by atoms with Gasteiger partial charge in [-0.15, -0.1) is 0 Å². The molecule has 0 unspecified atom stereocenters. The number of hydrogen-bond donors (Lipinski definition) is 1. The van der Waals surface area contributed by atoms with E-state index in [4.69, 9.17) is 4.42 Å². The number of aromatic nitrogens is 2. The Bertz CT molecular complexity index is 920. The predicted molar refractivity (Wildman–Crippen MR) is 102 cm³/mol. The summed E-state index contributed by atoms with van der Waals surface area (Å²) in [5.41, 5.74) is 1.65. The third-order valence-electron chi connectivity index (χ3n) is 4.21. The minimum Gasteiger partial charge on any atom is -0.467 e. The molecule has 0 fully saturated rings. The number of furan rings is 1. The first-order valence-corrected chi connectivity index (χ1v) is 8.73. The molecule has 3 aromatic rings. The summed E-state index contributed by atoms with van der Waals surface area (Å²) in [5.74, 6) is 0.352. The van der Waals surface area contributed by atoms with Crippen molar-refractivity contribution in [3.05, 3.63) is 82.7 Å². The third kappa shape index (κ3) is 5.31. The molecule has 1 N–H and O–H groups in total. The molecule has 140 valence electrons. The van der Waals surface area contributed by atoms with Gasteiger partial charge in [0.15, 0.2) is 0 Å². The lowest BCUT2D eigenvalue weighted by atomic mass is 10.1. The van der Waals surface area contributed by atoms with E-state index in [1.54, 1.807) is 24.6 Å². The van der Waals surface area contributed by atoms with Gasteiger partial charge in [-0.1, -0.05) is 30.3 Å². The summed E-state index contributed by atoms with van der Waals surface area (Å²) < 4.78 is 6.30. The summed E-state index contributed by atoms with van der Waals surface area (Å²) in [7, 11) is 1.92. The highest BCUT2D eigenvalue weighted by atomic mass is 16.3. The van der Waals surface area contributed by atoms with Crippen molar-refractivity contribution >= 4 is 11.6 Å². The number of hydrogen-bond acceptors (Lipinski definition) is 5. The highest BCUT2D eigenvalue weighted by Gasteiger charge is 2.09. The molecular formula is C20H22N4O3. The maximum Gasteiger partial charge on any atom is 0.269 e. The lowest BCUT2D eigenvalue weighted by Crippen LogP contribution is -2.33. The van der Waals surface area contributed by atoms with Gasteiger partial charge in [-0.3, -0.25) is 9.59 Å². The molecule has 27 heavy (non-hydrogen) atoms. The van der Waals surface area contributed by atoms with Crippen LogP contribution in [0.15, 0.2) is 70.2 Å². The van der Waals surface area contributed by atoms with E-state index in [1.165, 1.54) is 11.6 Å². The normalized spacial score (nSPS) is 10.6. The highest BCUT2D eigenvalue weighted by molar-refractivity contribution is 5.75. The van der Waals surface area contributed by atoms with Crippen LogP contribution in [-0.4, -0.2) is 29.3 Å². The molecule has 0 atom stereocenters. The first-order valence-electron chi connectivity index (χ1n) is 8.73. The van der Waals surface area contributed by atoms with Crippen molar-refractivity contribution in [3.63, 3.8) is 0 Å². The van der Waals surface area contributed by atoms with Gasteiger partial charge in [0.25, 0.3) is 5.56 Å². The van der Waals surface area contributed by atoms with E-state index in [0.717, 1.165) is 23.3 Å². The number of amides is 1. The summed E-state index contributed by atoms with van der Waals surface area (Å²) >= 11 is 0. The molecule has 0 aliphatic rings. The van der Waals surface area contributed by atoms with Crippen LogP contribution in [0.3, 0.4) is 0 Å². The molecule has 0 spiro atoms. The number of nitrogens with one attached hydrogen (secondary N) is 1. The van der Waals surface area contributed by atoms with E-state index in [0.29, 0.717) is 5.76 Å². The molecule has 0 saturated heterocycles. The fraction of sp³-hybridized carbons (Fsp3) is 0.250. The number of benzene rings is 1. The third-order valence-corrected chi connectivity index (χ3v) is 4.21. The van der Waals surface area contributed by atoms with Crippen molar-refractivity contribution < 1.29 is 9.21 Å². The fourth-order valence-electron chi connectivity index (χ4n) is 2.61. The number of carbonyl (C=O) groups is 1. The molecule has 0 bridgehead atoms. The monoisotopic (exact) mass is 366 g/mol. The molecule has 2 heterocycles. The van der Waals surface area contributed by atoms with Crippen molar-refractivity contribution in [1.29, 1.82) is 0 Å². The Morgan fingerprint density at radius 1 is 1.22 bits per heavy atom. The molecule has 1 amide bonds. The SMILES string of the molecule is CN(CCc1ccccc1)c1cnn(CC(=O)NCc2ccco2)c(=O)c1. The number of carbonyl (C=O) groups excluding carboxylic acids is 1. The van der Waals surface area contributed by atoms with Crippen molar-refractivity contribution in [3.8, 4) is 0 Å². The minimum absolute atomic E-state index is 0.131. The van der Waals surface area contributed by atoms with Crippen LogP contribution >= 0.6 is 0 Å². The zero-order chi connectivity index (χ0) is 19.1. The molecule has 7 heteroatoms. The Kier molecular flexibility index (Phi) is 6.04. The van der Waals surface area contributed by atoms with Crippen molar-refractivity contribution in [2.75, 3.05) is 18.5 Å². The van der Waals surface area contributed by atoms with Gasteiger partial charge in [0.1, 0.15) is 12.3 Å². The first kappa shape index (κ1) is 18.4. The van der Waals surface area contributed by atoms with Crippen LogP contribution in [-0.2, 0) is 24.3 Å². The molecule has 3 rings (SSSR count). The smallest absolute Gasteiger partial charge is 0.269 e. The zero-order valence-electron chi connectivity index (χ0n) is 15.2. The highest BCUT2D eigenvalue weighted by Crippen LogP contribution is 2.09. The van der Waals surface area contributed by atoms with Gasteiger partial charge < -0.3 is 14.6 Å². The van der Waals surface area contributed by atoms with Gasteiger partial charge in [0.05, 0.1) is 24.7 Å². The summed E-state index contributed by atoms with van der Waals surface area (Å²) in [6.45, 7) is 0.910. The number of rotatable bonds is 8. The number of anilines is 1. The maximum atomic E-state index is 12.3. The summed E-state index contributed by atoms with van der Waals surface area (Å²) in [4.78, 5) is 26.2. The molecule has 1 aromatic carbocycles. The van der Waals surface area contributed by atoms with E-state index in [1.807, 2.05) is 30.1 Å². The fourth-order valence-corrected chi connectivity index (χ4v) is 2.61. The van der Waals surface area contributed by atoms with Crippen LogP contribution in [0.1, 0.15) is 11.3 Å². The second-order valence-corrected chi connectivity index (χ2v) is 6.22. The number of nitrogens with zero attached hydrogens (tertiary/aromatic N) is 3. The largest absolute Gasteiger partial charge is 0.467 e. The second-order valence-electron chi connectivity index (χ2n) is 6.22. The van der Waals surface area contributed by atoms with E-state index >= 15 is 0 Å². The van der Waals surface area contributed by atoms with Crippen LogP contribution in [0.25, 0.3) is 0 Å². The summed E-state index contributed by atoms with van der Waals surface area (Å²) in [6, 6.07) is 15.2. The molecule has 7 nitrogen and oxygen atoms in total. The molecule has 0 aliphatic heterocycles. The van der Waals surface area contributed by atoms with Gasteiger partial charge in [-0.2, -0.15) is 5.10 Å². The Labute approximate surface area is 157 Å². The Hall–Kier alpha value is -3.35. The van der Waals surface area contributed by atoms with Gasteiger partial charge in [0.2, 0.25) is 5.91 Å². The lowest BCUT2D eigenvalue weighted by molar-refractivity contribution is -0.122. The van der Waals surface area contributed by atoms with E-state index in [-0.39, 0.29) is 24.6 Å². The standard InChI is InChI=1S/C20H22N4O3/c1-23(10-9-16-6-3-2-4-7-16)17-12-20(26)24(22-13-17)15-19(25)21-14-18-8-5-11-27-18/h2-8,11-13H,9-10,14-15H2,1H3,(H,21,25). The average Bonchev–Trinajstić information content (AvgIpc) is 3.20. The average molecular weight is 366 g/mol. The van der Waals surface area contributed by atoms with Crippen LogP contribution < -0.4 is 15.8 Å². The van der Waals surface area contributed by atoms with Crippen LogP contribution in [0.5, 0.6) is 0 Å². The predicted octanol–water partition coefficient (Wildman–Crippen LogP) is 1.83. The Morgan fingerprint density at radius 2 is 2.04 bits per heavy atom. The van der Waals surface area contributed by atoms with E-state index in [9.17, 15) is 9.59 Å². The molecule has 0 aliphatic carbocycles. The summed E-state index contributed by atoms with van der Waals surface area (Å²) in [5, 5.41) is 6.81. The van der Waals surface area contributed by atoms with E-state index in [2.05, 4.69) is 22.5 Å². The summed E-state index contributed by atoms with van der Waals surface area (Å²) in [6.07, 6.45) is 4.02. The van der Waals surface area contributed by atoms with Crippen LogP contribution in [0, 0.1) is 0 Å². The van der Waals surface area contributed by atoms with Crippen LogP contribution in [0.2, 0.25) is 0 Å². The van der Waals surface area contributed by atoms with Gasteiger partial charge in [-0.05, 0) is 24.1 Å². The van der Waals surface area contributed by atoms with Gasteiger partial charge >= 0.3 is 0 Å². The Morgan fingerprint density at radius 3 is 2.74 bits per heavy atom. The van der Waals surface area contributed by atoms with Crippen molar-refractivity contribution in [2.24, 2.45) is 0 Å². The first-order chi connectivity index (χ1) is 13.1. The quantitative estimate of drug-likeness (QED) is 0.658. The van der Waals surface area contributed by atoms with Crippen molar-refractivity contribution in [1.82, 2.24) is 15.1 Å². The number of likely N-dealkylation sites (N-methyl/N-ethyl adjacent to an activating group) is 1. The minimum atomic E-state index is -0.313. The van der Waals surface area contributed by atoms with Gasteiger partial charge in [-0.25, -0.2) is 4.68 Å². The zero-order valence-corrected chi connectivity index (χ0v) is 15.2. The molecule has 0 radical (unpaired) electrons. The van der Waals surface area contributed by atoms with Gasteiger partial charge in [0, 0.05) is 19.7 Å². The molecular weight excluding hydrogens is 344 g/mol. The Balaban J connectivity index is 1.54. The second kappa shape index (κ2) is 8.84. The van der Waals surface area contributed by atoms with Crippen LogP contribution in [0.4, 0.5) is 5.69 Å². The maximum absolute atomic E-state index is 12.3. The van der Waals surface area contributed by atoms with E-state index < -0.39 is 0 Å². The topological polar surface area (TPSA) is 80.4 Å². The lowest BCUT2D eigenvalue weighted by Gasteiger charge is -2.19. The van der Waals surface area contributed by atoms with Crippen molar-refractivity contribution in [2.45, 2.75) is 19.5 Å². The molecule has 2 aromatic heterocycles. The molecule has 0 saturated carbocycles.